The number of benzene rings is 2. The Morgan fingerprint density at radius 2 is 2.04 bits per heavy atom. The molecule has 1 aromatic heterocycles. The molecule has 0 amide bonds. The largest absolute Gasteiger partial charge is 0.486 e. The highest BCUT2D eigenvalue weighted by atomic mass is 32.1. The number of aromatic amines is 1. The maximum atomic E-state index is 10.9. The first-order valence-corrected chi connectivity index (χ1v) is 8.49. The van der Waals surface area contributed by atoms with Crippen LogP contribution >= 0.6 is 12.2 Å². The molecule has 0 fully saturated rings. The number of nitrogens with one attached hydrogen (secondary N) is 1. The minimum Gasteiger partial charge on any atom is -0.486 e. The molecule has 1 heterocycles. The zero-order valence-electron chi connectivity index (χ0n) is 14.7. The Balaban J connectivity index is 1.79. The normalized spacial score (nSPS) is 11.0. The Morgan fingerprint density at radius 1 is 1.30 bits per heavy atom. The maximum Gasteiger partial charge on any atom is 0.270 e. The zero-order chi connectivity index (χ0) is 19.4. The highest BCUT2D eigenvalue weighted by molar-refractivity contribution is 7.71. The Morgan fingerprint density at radius 3 is 2.74 bits per heavy atom. The van der Waals surface area contributed by atoms with E-state index in [1.54, 1.807) is 12.1 Å². The first-order chi connectivity index (χ1) is 12.9. The van der Waals surface area contributed by atoms with Crippen molar-refractivity contribution in [1.82, 2.24) is 14.9 Å². The fraction of sp³-hybridized carbons (Fsp3) is 0.167. The molecule has 0 aliphatic carbocycles. The van der Waals surface area contributed by atoms with Crippen LogP contribution in [0.4, 0.5) is 5.69 Å². The van der Waals surface area contributed by atoms with Crippen LogP contribution in [0.3, 0.4) is 0 Å². The lowest BCUT2D eigenvalue weighted by atomic mass is 10.1. The molecule has 0 spiro atoms. The number of nitro groups is 1. The lowest BCUT2D eigenvalue weighted by Crippen LogP contribution is -2.04. The van der Waals surface area contributed by atoms with Crippen LogP contribution in [0.15, 0.2) is 47.6 Å². The van der Waals surface area contributed by atoms with Crippen LogP contribution in [0.5, 0.6) is 5.75 Å². The van der Waals surface area contributed by atoms with Crippen molar-refractivity contribution in [2.45, 2.75) is 20.5 Å². The first-order valence-electron chi connectivity index (χ1n) is 8.08. The van der Waals surface area contributed by atoms with Gasteiger partial charge in [-0.15, -0.1) is 0 Å². The number of hydrogen-bond acceptors (Lipinski definition) is 6. The number of nitrogens with zero attached hydrogens (tertiary/aromatic N) is 4. The summed E-state index contributed by atoms with van der Waals surface area (Å²) in [7, 11) is 0. The summed E-state index contributed by atoms with van der Waals surface area (Å²) in [6.45, 7) is 4.17. The fourth-order valence-electron chi connectivity index (χ4n) is 2.54. The van der Waals surface area contributed by atoms with E-state index >= 15 is 0 Å². The number of non-ortho nitro benzene ring substituents is 1. The molecule has 0 unspecified atom stereocenters. The number of nitro benzene ring substituents is 1. The lowest BCUT2D eigenvalue weighted by Gasteiger charge is -2.07. The first kappa shape index (κ1) is 18.5. The summed E-state index contributed by atoms with van der Waals surface area (Å²) < 4.78 is 7.53. The van der Waals surface area contributed by atoms with Crippen LogP contribution in [0.25, 0.3) is 0 Å². The molecule has 3 rings (SSSR count). The third-order valence-electron chi connectivity index (χ3n) is 3.68. The van der Waals surface area contributed by atoms with Gasteiger partial charge in [0.25, 0.3) is 5.69 Å². The molecule has 138 valence electrons. The summed E-state index contributed by atoms with van der Waals surface area (Å²) >= 11 is 5.20. The Hall–Kier alpha value is -3.33. The highest BCUT2D eigenvalue weighted by Crippen LogP contribution is 2.17. The summed E-state index contributed by atoms with van der Waals surface area (Å²) in [6, 6.07) is 12.1. The molecule has 9 heteroatoms. The van der Waals surface area contributed by atoms with Gasteiger partial charge in [-0.3, -0.25) is 10.1 Å². The van der Waals surface area contributed by atoms with Gasteiger partial charge in [0.15, 0.2) is 5.82 Å². The Kier molecular flexibility index (Phi) is 5.41. The molecular weight excluding hydrogens is 366 g/mol. The van der Waals surface area contributed by atoms with E-state index in [2.05, 4.69) is 21.4 Å². The number of hydrogen-bond donors (Lipinski definition) is 1. The minimum absolute atomic E-state index is 0.00638. The van der Waals surface area contributed by atoms with Crippen LogP contribution in [0.2, 0.25) is 0 Å². The van der Waals surface area contributed by atoms with Gasteiger partial charge < -0.3 is 4.74 Å². The second-order valence-corrected chi connectivity index (χ2v) is 6.35. The van der Waals surface area contributed by atoms with E-state index in [0.717, 1.165) is 16.9 Å². The molecule has 2 aromatic carbocycles. The lowest BCUT2D eigenvalue weighted by molar-refractivity contribution is -0.384. The van der Waals surface area contributed by atoms with E-state index in [9.17, 15) is 10.1 Å². The molecule has 0 atom stereocenters. The van der Waals surface area contributed by atoms with E-state index in [4.69, 9.17) is 17.0 Å². The molecular formula is C18H17N5O3S. The predicted molar refractivity (Wildman–Crippen MR) is 104 cm³/mol. The molecule has 1 N–H and O–H groups in total. The van der Waals surface area contributed by atoms with Gasteiger partial charge in [0.05, 0.1) is 11.1 Å². The van der Waals surface area contributed by atoms with E-state index in [1.807, 2.05) is 26.0 Å². The summed E-state index contributed by atoms with van der Waals surface area (Å²) in [6.07, 6.45) is 1.48. The van der Waals surface area contributed by atoms with Crippen molar-refractivity contribution in [2.75, 3.05) is 0 Å². The van der Waals surface area contributed by atoms with E-state index < -0.39 is 4.92 Å². The predicted octanol–water partition coefficient (Wildman–Crippen LogP) is 3.93. The quantitative estimate of drug-likeness (QED) is 0.301. The molecule has 0 saturated heterocycles. The molecule has 0 aliphatic rings. The SMILES string of the molecule is Cc1cc(C)cc(OCc2n[nH]c(=S)n2/N=C\c2cccc([N+](=O)[O-])c2)c1. The van der Waals surface area contributed by atoms with Crippen molar-refractivity contribution >= 4 is 24.1 Å². The summed E-state index contributed by atoms with van der Waals surface area (Å²) in [5.74, 6) is 1.22. The van der Waals surface area contributed by atoms with E-state index in [-0.39, 0.29) is 12.3 Å². The number of ether oxygens (including phenoxy) is 1. The second kappa shape index (κ2) is 7.92. The van der Waals surface area contributed by atoms with Gasteiger partial charge in [0.1, 0.15) is 12.4 Å². The molecule has 27 heavy (non-hydrogen) atoms. The topological polar surface area (TPSA) is 98.3 Å². The summed E-state index contributed by atoms with van der Waals surface area (Å²) in [5, 5.41) is 22.0. The Bertz CT molecular complexity index is 1050. The van der Waals surface area contributed by atoms with Crippen LogP contribution in [0, 0.1) is 28.7 Å². The van der Waals surface area contributed by atoms with E-state index in [0.29, 0.717) is 16.2 Å². The number of aryl methyl sites for hydroxylation is 2. The molecule has 3 aromatic rings. The molecule has 0 radical (unpaired) electrons. The average molecular weight is 383 g/mol. The zero-order valence-corrected chi connectivity index (χ0v) is 15.6. The van der Waals surface area contributed by atoms with Crippen molar-refractivity contribution in [2.24, 2.45) is 5.10 Å². The minimum atomic E-state index is -0.454. The monoisotopic (exact) mass is 383 g/mol. The number of aromatic nitrogens is 3. The standard InChI is InChI=1S/C18H17N5O3S/c1-12-6-13(2)8-16(7-12)26-11-17-20-21-18(27)22(17)19-10-14-4-3-5-15(9-14)23(24)25/h3-10H,11H2,1-2H3,(H,21,27)/b19-10-. The van der Waals surface area contributed by atoms with Crippen LogP contribution in [0.1, 0.15) is 22.5 Å². The third kappa shape index (κ3) is 4.64. The number of rotatable bonds is 6. The van der Waals surface area contributed by atoms with Crippen molar-refractivity contribution in [3.05, 3.63) is 79.9 Å². The van der Waals surface area contributed by atoms with Gasteiger partial charge >= 0.3 is 0 Å². The van der Waals surface area contributed by atoms with Gasteiger partial charge in [-0.25, -0.2) is 5.10 Å². The van der Waals surface area contributed by atoms with Gasteiger partial charge in [0.2, 0.25) is 4.77 Å². The van der Waals surface area contributed by atoms with Crippen LogP contribution in [-0.2, 0) is 6.61 Å². The Labute approximate surface area is 160 Å². The fourth-order valence-corrected chi connectivity index (χ4v) is 2.74. The van der Waals surface area contributed by atoms with Crippen molar-refractivity contribution in [1.29, 1.82) is 0 Å². The molecule has 8 nitrogen and oxygen atoms in total. The van der Waals surface area contributed by atoms with Gasteiger partial charge in [-0.2, -0.15) is 14.9 Å². The number of H-pyrrole nitrogens is 1. The van der Waals surface area contributed by atoms with E-state index in [1.165, 1.54) is 23.0 Å². The van der Waals surface area contributed by atoms with Crippen LogP contribution in [-0.4, -0.2) is 26.0 Å². The van der Waals surface area contributed by atoms with Gasteiger partial charge in [0, 0.05) is 17.7 Å². The van der Waals surface area contributed by atoms with Crippen molar-refractivity contribution < 1.29 is 9.66 Å². The molecule has 0 bridgehead atoms. The average Bonchev–Trinajstić information content (AvgIpc) is 2.97. The third-order valence-corrected chi connectivity index (χ3v) is 3.95. The highest BCUT2D eigenvalue weighted by Gasteiger charge is 2.08. The maximum absolute atomic E-state index is 10.9. The van der Waals surface area contributed by atoms with Gasteiger partial charge in [-0.05, 0) is 49.3 Å². The molecule has 0 saturated carbocycles. The van der Waals surface area contributed by atoms with Crippen LogP contribution < -0.4 is 4.74 Å². The summed E-state index contributed by atoms with van der Waals surface area (Å²) in [5.41, 5.74) is 2.78. The molecule has 0 aliphatic heterocycles. The summed E-state index contributed by atoms with van der Waals surface area (Å²) in [4.78, 5) is 10.4. The van der Waals surface area contributed by atoms with Crippen molar-refractivity contribution in [3.8, 4) is 5.75 Å². The van der Waals surface area contributed by atoms with Gasteiger partial charge in [-0.1, -0.05) is 18.2 Å². The second-order valence-electron chi connectivity index (χ2n) is 5.97. The van der Waals surface area contributed by atoms with Crippen molar-refractivity contribution in [3.63, 3.8) is 0 Å². The smallest absolute Gasteiger partial charge is 0.270 e.